The second-order valence-corrected chi connectivity index (χ2v) is 5.92. The van der Waals surface area contributed by atoms with Gasteiger partial charge >= 0.3 is 0 Å². The van der Waals surface area contributed by atoms with Crippen LogP contribution in [0, 0.1) is 5.92 Å². The quantitative estimate of drug-likeness (QED) is 0.828. The molecule has 0 saturated carbocycles. The van der Waals surface area contributed by atoms with E-state index in [1.54, 1.807) is 7.11 Å². The van der Waals surface area contributed by atoms with Crippen LogP contribution in [0.15, 0.2) is 48.5 Å². The third-order valence-corrected chi connectivity index (χ3v) is 3.58. The number of ether oxygens (including phenoxy) is 2. The first-order valence-corrected chi connectivity index (χ1v) is 7.70. The molecule has 2 rings (SSSR count). The highest BCUT2D eigenvalue weighted by Gasteiger charge is 2.12. The molecule has 22 heavy (non-hydrogen) atoms. The molecule has 0 unspecified atom stereocenters. The predicted octanol–water partition coefficient (Wildman–Crippen LogP) is 4.32. The van der Waals surface area contributed by atoms with E-state index in [4.69, 9.17) is 15.2 Å². The Morgan fingerprint density at radius 2 is 1.73 bits per heavy atom. The molecule has 0 radical (unpaired) electrons. The van der Waals surface area contributed by atoms with E-state index in [9.17, 15) is 0 Å². The van der Waals surface area contributed by atoms with Crippen LogP contribution < -0.4 is 15.2 Å². The number of hydrogen-bond donors (Lipinski definition) is 1. The molecule has 3 nitrogen and oxygen atoms in total. The number of nitrogens with two attached hydrogens (primary N) is 1. The molecule has 1 atom stereocenters. The molecule has 0 saturated heterocycles. The minimum Gasteiger partial charge on any atom is -0.493 e. The van der Waals surface area contributed by atoms with E-state index in [0.717, 1.165) is 29.0 Å². The van der Waals surface area contributed by atoms with Crippen molar-refractivity contribution in [2.45, 2.75) is 32.9 Å². The maximum Gasteiger partial charge on any atom is 0.161 e. The van der Waals surface area contributed by atoms with Gasteiger partial charge in [-0.3, -0.25) is 0 Å². The van der Waals surface area contributed by atoms with E-state index < -0.39 is 0 Å². The summed E-state index contributed by atoms with van der Waals surface area (Å²) >= 11 is 0. The Balaban J connectivity index is 2.09. The van der Waals surface area contributed by atoms with Crippen LogP contribution in [-0.2, 0) is 6.61 Å². The van der Waals surface area contributed by atoms with Gasteiger partial charge in [0.15, 0.2) is 11.5 Å². The van der Waals surface area contributed by atoms with Gasteiger partial charge in [-0.25, -0.2) is 0 Å². The summed E-state index contributed by atoms with van der Waals surface area (Å²) in [5, 5.41) is 0. The molecule has 2 aromatic rings. The first kappa shape index (κ1) is 16.4. The van der Waals surface area contributed by atoms with E-state index in [1.807, 2.05) is 48.5 Å². The lowest BCUT2D eigenvalue weighted by molar-refractivity contribution is 0.284. The first-order chi connectivity index (χ1) is 10.6. The largest absolute Gasteiger partial charge is 0.493 e. The zero-order valence-corrected chi connectivity index (χ0v) is 13.6. The molecule has 0 spiro atoms. The zero-order valence-electron chi connectivity index (χ0n) is 13.6. The first-order valence-electron chi connectivity index (χ1n) is 7.70. The Kier molecular flexibility index (Phi) is 5.84. The van der Waals surface area contributed by atoms with Crippen LogP contribution in [0.1, 0.15) is 37.4 Å². The smallest absolute Gasteiger partial charge is 0.161 e. The van der Waals surface area contributed by atoms with Gasteiger partial charge in [-0.05, 0) is 35.6 Å². The summed E-state index contributed by atoms with van der Waals surface area (Å²) < 4.78 is 11.3. The fourth-order valence-corrected chi connectivity index (χ4v) is 2.41. The van der Waals surface area contributed by atoms with Gasteiger partial charge in [0.1, 0.15) is 6.61 Å². The van der Waals surface area contributed by atoms with E-state index in [0.29, 0.717) is 12.5 Å². The lowest BCUT2D eigenvalue weighted by Gasteiger charge is -2.17. The Labute approximate surface area is 133 Å². The van der Waals surface area contributed by atoms with Gasteiger partial charge in [0, 0.05) is 6.04 Å². The second kappa shape index (κ2) is 7.85. The zero-order chi connectivity index (χ0) is 15.9. The van der Waals surface area contributed by atoms with Gasteiger partial charge in [-0.15, -0.1) is 0 Å². The van der Waals surface area contributed by atoms with Crippen molar-refractivity contribution in [3.63, 3.8) is 0 Å². The summed E-state index contributed by atoms with van der Waals surface area (Å²) in [6.45, 7) is 4.87. The molecule has 0 bridgehead atoms. The molecule has 118 valence electrons. The highest BCUT2D eigenvalue weighted by Crippen LogP contribution is 2.31. The lowest BCUT2D eigenvalue weighted by Crippen LogP contribution is -2.13. The molecule has 0 fully saturated rings. The van der Waals surface area contributed by atoms with E-state index >= 15 is 0 Å². The fraction of sp³-hybridized carbons (Fsp3) is 0.368. The van der Waals surface area contributed by atoms with Crippen molar-refractivity contribution in [1.29, 1.82) is 0 Å². The molecule has 0 amide bonds. The summed E-state index contributed by atoms with van der Waals surface area (Å²) in [4.78, 5) is 0. The topological polar surface area (TPSA) is 44.5 Å². The highest BCUT2D eigenvalue weighted by atomic mass is 16.5. The third-order valence-electron chi connectivity index (χ3n) is 3.58. The average molecular weight is 299 g/mol. The second-order valence-electron chi connectivity index (χ2n) is 5.92. The van der Waals surface area contributed by atoms with Gasteiger partial charge in [-0.1, -0.05) is 50.2 Å². The Morgan fingerprint density at radius 3 is 2.36 bits per heavy atom. The highest BCUT2D eigenvalue weighted by molar-refractivity contribution is 5.44. The molecular formula is C19H25NO2. The number of methoxy groups -OCH3 is 1. The van der Waals surface area contributed by atoms with E-state index in [-0.39, 0.29) is 6.04 Å². The molecule has 0 heterocycles. The normalized spacial score (nSPS) is 12.2. The van der Waals surface area contributed by atoms with E-state index in [1.165, 1.54) is 0 Å². The van der Waals surface area contributed by atoms with Gasteiger partial charge in [0.2, 0.25) is 0 Å². The molecule has 0 aromatic heterocycles. The maximum absolute atomic E-state index is 6.24. The minimum absolute atomic E-state index is 0.0251. The summed E-state index contributed by atoms with van der Waals surface area (Å²) in [7, 11) is 1.66. The van der Waals surface area contributed by atoms with Gasteiger partial charge in [0.25, 0.3) is 0 Å². The van der Waals surface area contributed by atoms with Crippen molar-refractivity contribution in [3.05, 3.63) is 59.7 Å². The Morgan fingerprint density at radius 1 is 1.00 bits per heavy atom. The van der Waals surface area contributed by atoms with Crippen molar-refractivity contribution in [1.82, 2.24) is 0 Å². The molecule has 0 aliphatic rings. The lowest BCUT2D eigenvalue weighted by atomic mass is 9.97. The van der Waals surface area contributed by atoms with Crippen LogP contribution in [-0.4, -0.2) is 7.11 Å². The van der Waals surface area contributed by atoms with Crippen molar-refractivity contribution < 1.29 is 9.47 Å². The van der Waals surface area contributed by atoms with Crippen molar-refractivity contribution in [2.75, 3.05) is 7.11 Å². The SMILES string of the molecule is COc1cc([C@H](N)CC(C)C)ccc1OCc1ccccc1. The Bertz CT molecular complexity index is 581. The fourth-order valence-electron chi connectivity index (χ4n) is 2.41. The molecule has 0 aliphatic carbocycles. The van der Waals surface area contributed by atoms with Gasteiger partial charge in [-0.2, -0.15) is 0 Å². The minimum atomic E-state index is 0.0251. The predicted molar refractivity (Wildman–Crippen MR) is 90.2 cm³/mol. The standard InChI is InChI=1S/C19H25NO2/c1-14(2)11-17(20)16-9-10-18(19(12-16)21-3)22-13-15-7-5-4-6-8-15/h4-10,12,14,17H,11,13,20H2,1-3H3/t17-/m1/s1. The van der Waals surface area contributed by atoms with Gasteiger partial charge < -0.3 is 15.2 Å². The van der Waals surface area contributed by atoms with Crippen molar-refractivity contribution >= 4 is 0 Å². The van der Waals surface area contributed by atoms with Crippen LogP contribution in [0.3, 0.4) is 0 Å². The molecule has 3 heteroatoms. The average Bonchev–Trinajstić information content (AvgIpc) is 2.53. The molecule has 2 aromatic carbocycles. The van der Waals surface area contributed by atoms with Crippen molar-refractivity contribution in [2.24, 2.45) is 11.7 Å². The third kappa shape index (κ3) is 4.50. The van der Waals surface area contributed by atoms with Crippen LogP contribution in [0.2, 0.25) is 0 Å². The summed E-state index contributed by atoms with van der Waals surface area (Å²) in [5.74, 6) is 2.04. The number of benzene rings is 2. The van der Waals surface area contributed by atoms with E-state index in [2.05, 4.69) is 13.8 Å². The maximum atomic E-state index is 6.24. The van der Waals surface area contributed by atoms with Gasteiger partial charge in [0.05, 0.1) is 7.11 Å². The summed E-state index contributed by atoms with van der Waals surface area (Å²) in [6, 6.07) is 16.1. The van der Waals surface area contributed by atoms with Crippen LogP contribution >= 0.6 is 0 Å². The van der Waals surface area contributed by atoms with Crippen LogP contribution in [0.25, 0.3) is 0 Å². The van der Waals surface area contributed by atoms with Crippen LogP contribution in [0.4, 0.5) is 0 Å². The molecule has 0 aliphatic heterocycles. The Hall–Kier alpha value is -2.00. The number of rotatable bonds is 7. The monoisotopic (exact) mass is 299 g/mol. The molecule has 2 N–H and O–H groups in total. The number of hydrogen-bond acceptors (Lipinski definition) is 3. The van der Waals surface area contributed by atoms with Crippen LogP contribution in [0.5, 0.6) is 11.5 Å². The van der Waals surface area contributed by atoms with Crippen molar-refractivity contribution in [3.8, 4) is 11.5 Å². The summed E-state index contributed by atoms with van der Waals surface area (Å²) in [5.41, 5.74) is 8.45. The molecular weight excluding hydrogens is 274 g/mol. The summed E-state index contributed by atoms with van der Waals surface area (Å²) in [6.07, 6.45) is 0.952.